The largest absolute Gasteiger partial charge is 0.481 e. The Kier molecular flexibility index (Phi) is 7.02. The van der Waals surface area contributed by atoms with Gasteiger partial charge in [0.25, 0.3) is 0 Å². The van der Waals surface area contributed by atoms with Gasteiger partial charge >= 0.3 is 5.97 Å². The highest BCUT2D eigenvalue weighted by Crippen LogP contribution is 2.23. The molecular weight excluding hydrogens is 252 g/mol. The van der Waals surface area contributed by atoms with Gasteiger partial charge in [-0.15, -0.1) is 0 Å². The first-order valence-corrected chi connectivity index (χ1v) is 7.05. The van der Waals surface area contributed by atoms with Gasteiger partial charge in [-0.3, -0.25) is 4.79 Å². The van der Waals surface area contributed by atoms with Crippen LogP contribution in [0.1, 0.15) is 38.7 Å². The first kappa shape index (κ1) is 16.4. The zero-order chi connectivity index (χ0) is 14.8. The number of benzene rings is 1. The van der Waals surface area contributed by atoms with E-state index in [-0.39, 0.29) is 0 Å². The molecule has 0 saturated carbocycles. The summed E-state index contributed by atoms with van der Waals surface area (Å²) in [7, 11) is 0. The fraction of sp³-hybridized carbons (Fsp3) is 0.471. The fourth-order valence-electron chi connectivity index (χ4n) is 1.78. The van der Waals surface area contributed by atoms with E-state index in [2.05, 4.69) is 0 Å². The van der Waals surface area contributed by atoms with Gasteiger partial charge in [0.05, 0.1) is 12.0 Å². The Bertz CT molecular complexity index is 421. The zero-order valence-electron chi connectivity index (χ0n) is 12.3. The van der Waals surface area contributed by atoms with E-state index < -0.39 is 11.4 Å². The Morgan fingerprint density at radius 2 is 1.95 bits per heavy atom. The van der Waals surface area contributed by atoms with Crippen molar-refractivity contribution in [1.29, 1.82) is 0 Å². The van der Waals surface area contributed by atoms with Crippen molar-refractivity contribution in [3.8, 4) is 0 Å². The smallest absolute Gasteiger partial charge is 0.309 e. The molecule has 1 rings (SSSR count). The highest BCUT2D eigenvalue weighted by atomic mass is 16.5. The molecule has 0 aliphatic carbocycles. The van der Waals surface area contributed by atoms with E-state index in [0.717, 1.165) is 12.8 Å². The van der Waals surface area contributed by atoms with Gasteiger partial charge in [0.1, 0.15) is 0 Å². The van der Waals surface area contributed by atoms with Crippen molar-refractivity contribution >= 4 is 12.0 Å². The molecular formula is C17H24O3. The van der Waals surface area contributed by atoms with Gasteiger partial charge in [-0.1, -0.05) is 48.9 Å². The minimum Gasteiger partial charge on any atom is -0.481 e. The van der Waals surface area contributed by atoms with Crippen molar-refractivity contribution in [2.45, 2.75) is 33.1 Å². The van der Waals surface area contributed by atoms with E-state index in [1.165, 1.54) is 5.56 Å². The van der Waals surface area contributed by atoms with Gasteiger partial charge in [-0.25, -0.2) is 0 Å². The lowest BCUT2D eigenvalue weighted by molar-refractivity contribution is -0.147. The summed E-state index contributed by atoms with van der Waals surface area (Å²) >= 11 is 0. The van der Waals surface area contributed by atoms with Crippen LogP contribution in [0.4, 0.5) is 0 Å². The van der Waals surface area contributed by atoms with Crippen LogP contribution < -0.4 is 0 Å². The van der Waals surface area contributed by atoms with Crippen LogP contribution in [0, 0.1) is 5.41 Å². The topological polar surface area (TPSA) is 46.5 Å². The minimum absolute atomic E-state index is 0.594. The molecule has 0 aliphatic rings. The van der Waals surface area contributed by atoms with Gasteiger partial charge in [0.15, 0.2) is 0 Å². The zero-order valence-corrected chi connectivity index (χ0v) is 12.3. The number of carbonyl (C=O) groups is 1. The Hall–Kier alpha value is -1.61. The standard InChI is InChI=1S/C17H24O3/c1-17(2,16(18)19)12-6-7-13-20-14-8-11-15-9-4-3-5-10-15/h3-5,8-11H,6-7,12-14H2,1-2H3,(H,18,19)/b11-8+. The van der Waals surface area contributed by atoms with Gasteiger partial charge < -0.3 is 9.84 Å². The molecule has 0 atom stereocenters. The molecule has 0 aliphatic heterocycles. The summed E-state index contributed by atoms with van der Waals surface area (Å²) in [4.78, 5) is 10.9. The molecule has 1 aromatic carbocycles. The third kappa shape index (κ3) is 6.53. The van der Waals surface area contributed by atoms with Crippen molar-refractivity contribution in [2.75, 3.05) is 13.2 Å². The molecule has 0 amide bonds. The van der Waals surface area contributed by atoms with Gasteiger partial charge in [0, 0.05) is 6.61 Å². The van der Waals surface area contributed by atoms with E-state index >= 15 is 0 Å². The highest BCUT2D eigenvalue weighted by Gasteiger charge is 2.25. The average Bonchev–Trinajstić information content (AvgIpc) is 2.42. The van der Waals surface area contributed by atoms with E-state index in [1.54, 1.807) is 13.8 Å². The molecule has 3 heteroatoms. The van der Waals surface area contributed by atoms with Crippen LogP contribution in [0.15, 0.2) is 36.4 Å². The van der Waals surface area contributed by atoms with E-state index in [4.69, 9.17) is 9.84 Å². The lowest BCUT2D eigenvalue weighted by atomic mass is 9.87. The molecule has 20 heavy (non-hydrogen) atoms. The molecule has 0 radical (unpaired) electrons. The van der Waals surface area contributed by atoms with Gasteiger partial charge in [-0.05, 0) is 32.3 Å². The molecule has 0 bridgehead atoms. The molecule has 110 valence electrons. The predicted molar refractivity (Wildman–Crippen MR) is 81.6 cm³/mol. The summed E-state index contributed by atoms with van der Waals surface area (Å²) < 4.78 is 5.50. The maximum Gasteiger partial charge on any atom is 0.309 e. The van der Waals surface area contributed by atoms with Crippen LogP contribution in [0.5, 0.6) is 0 Å². The second-order valence-electron chi connectivity index (χ2n) is 5.53. The number of rotatable bonds is 9. The molecule has 0 spiro atoms. The second-order valence-corrected chi connectivity index (χ2v) is 5.53. The predicted octanol–water partition coefficient (Wildman–Crippen LogP) is 4.00. The number of unbranched alkanes of at least 4 members (excludes halogenated alkanes) is 1. The summed E-state index contributed by atoms with van der Waals surface area (Å²) in [5.41, 5.74) is 0.534. The third-order valence-electron chi connectivity index (χ3n) is 3.24. The molecule has 0 unspecified atom stereocenters. The summed E-state index contributed by atoms with van der Waals surface area (Å²) in [6.07, 6.45) is 6.49. The molecule has 0 saturated heterocycles. The fourth-order valence-corrected chi connectivity index (χ4v) is 1.78. The minimum atomic E-state index is -0.732. The Balaban J connectivity index is 2.06. The summed E-state index contributed by atoms with van der Waals surface area (Å²) in [6, 6.07) is 10.1. The van der Waals surface area contributed by atoms with E-state index in [9.17, 15) is 4.79 Å². The van der Waals surface area contributed by atoms with Crippen LogP contribution in [0.2, 0.25) is 0 Å². The van der Waals surface area contributed by atoms with Crippen LogP contribution in [0.3, 0.4) is 0 Å². The maximum absolute atomic E-state index is 10.9. The van der Waals surface area contributed by atoms with Crippen LogP contribution in [0.25, 0.3) is 6.08 Å². The number of ether oxygens (including phenoxy) is 1. The molecule has 0 fully saturated rings. The van der Waals surface area contributed by atoms with E-state index in [1.807, 2.05) is 42.5 Å². The Morgan fingerprint density at radius 3 is 2.60 bits per heavy atom. The summed E-state index contributed by atoms with van der Waals surface area (Å²) in [5, 5.41) is 8.98. The SMILES string of the molecule is CC(C)(CCCCOC/C=C/c1ccccc1)C(=O)O. The van der Waals surface area contributed by atoms with Crippen molar-refractivity contribution < 1.29 is 14.6 Å². The summed E-state index contributed by atoms with van der Waals surface area (Å²) in [5.74, 6) is -0.732. The second kappa shape index (κ2) is 8.54. The quantitative estimate of drug-likeness (QED) is 0.693. The van der Waals surface area contributed by atoms with E-state index in [0.29, 0.717) is 19.6 Å². The third-order valence-corrected chi connectivity index (χ3v) is 3.24. The Labute approximate surface area is 121 Å². The van der Waals surface area contributed by atoms with Crippen molar-refractivity contribution in [2.24, 2.45) is 5.41 Å². The van der Waals surface area contributed by atoms with Crippen LogP contribution in [-0.4, -0.2) is 24.3 Å². The molecule has 0 heterocycles. The molecule has 0 aromatic heterocycles. The average molecular weight is 276 g/mol. The lowest BCUT2D eigenvalue weighted by Crippen LogP contribution is -2.23. The first-order chi connectivity index (χ1) is 9.52. The monoisotopic (exact) mass is 276 g/mol. The molecule has 1 aromatic rings. The van der Waals surface area contributed by atoms with Gasteiger partial charge in [-0.2, -0.15) is 0 Å². The number of hydrogen-bond donors (Lipinski definition) is 1. The molecule has 3 nitrogen and oxygen atoms in total. The van der Waals surface area contributed by atoms with Crippen LogP contribution >= 0.6 is 0 Å². The summed E-state index contributed by atoms with van der Waals surface area (Å²) in [6.45, 7) is 4.80. The number of hydrogen-bond acceptors (Lipinski definition) is 2. The van der Waals surface area contributed by atoms with Crippen LogP contribution in [-0.2, 0) is 9.53 Å². The number of aliphatic carboxylic acids is 1. The molecule has 1 N–H and O–H groups in total. The first-order valence-electron chi connectivity index (χ1n) is 7.05. The number of carboxylic acids is 1. The van der Waals surface area contributed by atoms with Crippen molar-refractivity contribution in [3.63, 3.8) is 0 Å². The van der Waals surface area contributed by atoms with Gasteiger partial charge in [0.2, 0.25) is 0 Å². The maximum atomic E-state index is 10.9. The highest BCUT2D eigenvalue weighted by molar-refractivity contribution is 5.73. The number of carboxylic acid groups (broad SMARTS) is 1. The lowest BCUT2D eigenvalue weighted by Gasteiger charge is -2.18. The van der Waals surface area contributed by atoms with Crippen molar-refractivity contribution in [1.82, 2.24) is 0 Å². The van der Waals surface area contributed by atoms with Crippen molar-refractivity contribution in [3.05, 3.63) is 42.0 Å². The normalized spacial score (nSPS) is 11.9. The Morgan fingerprint density at radius 1 is 1.25 bits per heavy atom.